The second-order valence-electron chi connectivity index (χ2n) is 7.47. The topological polar surface area (TPSA) is 29.1 Å². The van der Waals surface area contributed by atoms with Crippen LogP contribution in [0.25, 0.3) is 0 Å². The molecule has 1 aliphatic heterocycles. The first-order chi connectivity index (χ1) is 8.79. The van der Waals surface area contributed by atoms with Crippen LogP contribution in [0.3, 0.4) is 0 Å². The molecule has 2 heteroatoms. The van der Waals surface area contributed by atoms with E-state index in [1.54, 1.807) is 6.42 Å². The third kappa shape index (κ3) is 1.84. The molecule has 0 spiro atoms. The summed E-state index contributed by atoms with van der Waals surface area (Å²) < 4.78 is 0. The Morgan fingerprint density at radius 2 is 1.61 bits per heavy atom. The first-order valence-corrected chi connectivity index (χ1v) is 8.03. The highest BCUT2D eigenvalue weighted by molar-refractivity contribution is 5.85. The summed E-state index contributed by atoms with van der Waals surface area (Å²) in [7, 11) is 0. The maximum absolute atomic E-state index is 11.7. The van der Waals surface area contributed by atoms with E-state index in [1.807, 2.05) is 0 Å². The Morgan fingerprint density at radius 3 is 2.17 bits per heavy atom. The fourth-order valence-corrected chi connectivity index (χ4v) is 5.79. The van der Waals surface area contributed by atoms with Gasteiger partial charge in [-0.3, -0.25) is 4.79 Å². The van der Waals surface area contributed by atoms with Crippen molar-refractivity contribution in [1.82, 2.24) is 5.32 Å². The third-order valence-corrected chi connectivity index (χ3v) is 6.42. The fourth-order valence-electron chi connectivity index (χ4n) is 5.79. The van der Waals surface area contributed by atoms with Gasteiger partial charge in [0, 0.05) is 12.5 Å². The molecule has 0 aromatic rings. The molecule has 1 atom stereocenters. The Hall–Kier alpha value is -0.370. The Bertz CT molecular complexity index is 323. The van der Waals surface area contributed by atoms with E-state index in [0.29, 0.717) is 18.2 Å². The van der Waals surface area contributed by atoms with Crippen molar-refractivity contribution in [3.8, 4) is 0 Å². The molecule has 1 N–H and O–H groups in total. The molecule has 0 amide bonds. The van der Waals surface area contributed by atoms with Gasteiger partial charge in [0.2, 0.25) is 0 Å². The van der Waals surface area contributed by atoms with Crippen molar-refractivity contribution in [1.29, 1.82) is 0 Å². The molecule has 18 heavy (non-hydrogen) atoms. The van der Waals surface area contributed by atoms with Gasteiger partial charge in [0.25, 0.3) is 0 Å². The zero-order valence-electron chi connectivity index (χ0n) is 11.2. The van der Waals surface area contributed by atoms with Crippen molar-refractivity contribution >= 4 is 5.78 Å². The Labute approximate surface area is 110 Å². The summed E-state index contributed by atoms with van der Waals surface area (Å²) in [4.78, 5) is 11.7. The van der Waals surface area contributed by atoms with E-state index < -0.39 is 0 Å². The summed E-state index contributed by atoms with van der Waals surface area (Å²) in [5.41, 5.74) is 0. The number of nitrogens with one attached hydrogen (secondary N) is 1. The standard InChI is InChI=1S/C16H25NO/c18-16-9-17-8-12(16)1-2-15-13-4-10-3-11(6-13)7-14(15)5-10/h10-15,17H,1-9H2. The van der Waals surface area contributed by atoms with Crippen LogP contribution in [0.4, 0.5) is 0 Å². The van der Waals surface area contributed by atoms with E-state index in [1.165, 1.54) is 38.5 Å². The van der Waals surface area contributed by atoms with E-state index in [9.17, 15) is 4.79 Å². The van der Waals surface area contributed by atoms with Gasteiger partial charge in [0.05, 0.1) is 6.54 Å². The molecule has 0 aromatic carbocycles. The van der Waals surface area contributed by atoms with Gasteiger partial charge in [-0.1, -0.05) is 0 Å². The molecular weight excluding hydrogens is 222 g/mol. The molecule has 0 radical (unpaired) electrons. The van der Waals surface area contributed by atoms with Gasteiger partial charge in [0.1, 0.15) is 0 Å². The minimum atomic E-state index is 0.349. The van der Waals surface area contributed by atoms with Crippen LogP contribution in [-0.2, 0) is 4.79 Å². The molecule has 4 saturated carbocycles. The molecule has 1 heterocycles. The van der Waals surface area contributed by atoms with Gasteiger partial charge in [-0.05, 0) is 74.5 Å². The number of hydrogen-bond acceptors (Lipinski definition) is 2. The second kappa shape index (κ2) is 4.33. The number of Topliss-reactive ketones (excluding diaryl/α,β-unsaturated/α-hetero) is 1. The van der Waals surface area contributed by atoms with Crippen LogP contribution in [0.2, 0.25) is 0 Å². The minimum Gasteiger partial charge on any atom is -0.309 e. The first-order valence-electron chi connectivity index (χ1n) is 8.03. The van der Waals surface area contributed by atoms with Crippen molar-refractivity contribution in [2.45, 2.75) is 44.9 Å². The number of carbonyl (C=O) groups is 1. The number of carbonyl (C=O) groups excluding carboxylic acids is 1. The Balaban J connectivity index is 1.38. The molecule has 2 nitrogen and oxygen atoms in total. The van der Waals surface area contributed by atoms with Crippen LogP contribution in [0, 0.1) is 35.5 Å². The third-order valence-electron chi connectivity index (χ3n) is 6.42. The molecule has 1 unspecified atom stereocenters. The van der Waals surface area contributed by atoms with E-state index in [-0.39, 0.29) is 0 Å². The molecule has 4 aliphatic carbocycles. The quantitative estimate of drug-likeness (QED) is 0.830. The molecule has 5 rings (SSSR count). The van der Waals surface area contributed by atoms with Crippen LogP contribution < -0.4 is 5.32 Å². The fraction of sp³-hybridized carbons (Fsp3) is 0.938. The highest BCUT2D eigenvalue weighted by Gasteiger charge is 2.47. The summed E-state index contributed by atoms with van der Waals surface area (Å²) in [6.07, 6.45) is 10.1. The van der Waals surface area contributed by atoms with Gasteiger partial charge in [0.15, 0.2) is 5.78 Å². The lowest BCUT2D eigenvalue weighted by molar-refractivity contribution is -0.120. The monoisotopic (exact) mass is 247 g/mol. The highest BCUT2D eigenvalue weighted by atomic mass is 16.1. The Morgan fingerprint density at radius 1 is 0.944 bits per heavy atom. The van der Waals surface area contributed by atoms with Gasteiger partial charge < -0.3 is 5.32 Å². The van der Waals surface area contributed by atoms with Crippen molar-refractivity contribution in [2.75, 3.05) is 13.1 Å². The lowest BCUT2D eigenvalue weighted by Gasteiger charge is -2.54. The van der Waals surface area contributed by atoms with Crippen LogP contribution in [0.1, 0.15) is 44.9 Å². The lowest BCUT2D eigenvalue weighted by Crippen LogP contribution is -2.45. The molecule has 5 fully saturated rings. The average molecular weight is 247 g/mol. The van der Waals surface area contributed by atoms with Crippen molar-refractivity contribution < 1.29 is 4.79 Å². The lowest BCUT2D eigenvalue weighted by atomic mass is 9.51. The largest absolute Gasteiger partial charge is 0.309 e. The predicted molar refractivity (Wildman–Crippen MR) is 71.1 cm³/mol. The summed E-state index contributed by atoms with van der Waals surface area (Å²) in [6.45, 7) is 1.58. The summed E-state index contributed by atoms with van der Waals surface area (Å²) in [5, 5.41) is 3.22. The number of ketones is 1. The predicted octanol–water partition coefficient (Wildman–Crippen LogP) is 2.63. The molecule has 5 aliphatic rings. The van der Waals surface area contributed by atoms with Gasteiger partial charge in [-0.15, -0.1) is 0 Å². The van der Waals surface area contributed by atoms with Crippen LogP contribution in [-0.4, -0.2) is 18.9 Å². The van der Waals surface area contributed by atoms with Crippen LogP contribution in [0.5, 0.6) is 0 Å². The SMILES string of the molecule is O=C1CNCC1CCC1C2CC3CC(C2)CC1C3. The maximum Gasteiger partial charge on any atom is 0.150 e. The zero-order chi connectivity index (χ0) is 12.1. The zero-order valence-corrected chi connectivity index (χ0v) is 11.2. The highest BCUT2D eigenvalue weighted by Crippen LogP contribution is 2.57. The van der Waals surface area contributed by atoms with E-state index >= 15 is 0 Å². The van der Waals surface area contributed by atoms with Crippen LogP contribution in [0.15, 0.2) is 0 Å². The smallest absolute Gasteiger partial charge is 0.150 e. The normalized spacial score (nSPS) is 50.1. The summed E-state index contributed by atoms with van der Waals surface area (Å²) in [6, 6.07) is 0. The van der Waals surface area contributed by atoms with E-state index in [4.69, 9.17) is 0 Å². The second-order valence-corrected chi connectivity index (χ2v) is 7.47. The number of rotatable bonds is 3. The van der Waals surface area contributed by atoms with Crippen LogP contribution >= 0.6 is 0 Å². The van der Waals surface area contributed by atoms with E-state index in [0.717, 1.165) is 36.1 Å². The van der Waals surface area contributed by atoms with Gasteiger partial charge in [-0.25, -0.2) is 0 Å². The van der Waals surface area contributed by atoms with Crippen molar-refractivity contribution in [3.05, 3.63) is 0 Å². The maximum atomic E-state index is 11.7. The molecular formula is C16H25NO. The Kier molecular flexibility index (Phi) is 2.76. The number of hydrogen-bond donors (Lipinski definition) is 1. The van der Waals surface area contributed by atoms with Gasteiger partial charge in [-0.2, -0.15) is 0 Å². The minimum absolute atomic E-state index is 0.349. The molecule has 4 bridgehead atoms. The molecule has 100 valence electrons. The average Bonchev–Trinajstić information content (AvgIpc) is 2.73. The van der Waals surface area contributed by atoms with Crippen molar-refractivity contribution in [3.63, 3.8) is 0 Å². The first kappa shape index (κ1) is 11.5. The molecule has 1 saturated heterocycles. The van der Waals surface area contributed by atoms with Gasteiger partial charge >= 0.3 is 0 Å². The summed E-state index contributed by atoms with van der Waals surface area (Å²) in [5.74, 6) is 6.03. The molecule has 0 aromatic heterocycles. The van der Waals surface area contributed by atoms with E-state index in [2.05, 4.69) is 5.32 Å². The summed E-state index contributed by atoms with van der Waals surface area (Å²) >= 11 is 0. The van der Waals surface area contributed by atoms with Crippen molar-refractivity contribution in [2.24, 2.45) is 35.5 Å².